The van der Waals surface area contributed by atoms with Gasteiger partial charge in [0.1, 0.15) is 29.0 Å². The summed E-state index contributed by atoms with van der Waals surface area (Å²) in [6.07, 6.45) is 0.184. The molecule has 1 heterocycles. The minimum Gasteiger partial charge on any atom is -0.287 e. The molecule has 0 saturated heterocycles. The highest BCUT2D eigenvalue weighted by Crippen LogP contribution is 2.39. The third-order valence-corrected chi connectivity index (χ3v) is 8.08. The second kappa shape index (κ2) is 16.1. The van der Waals surface area contributed by atoms with Crippen LogP contribution in [0.4, 0.5) is 17.6 Å². The second-order valence-electron chi connectivity index (χ2n) is 11.4. The highest BCUT2D eigenvalue weighted by molar-refractivity contribution is 6.45. The van der Waals surface area contributed by atoms with E-state index >= 15 is 0 Å². The van der Waals surface area contributed by atoms with Crippen LogP contribution < -0.4 is 0 Å². The number of rotatable bonds is 7. The van der Waals surface area contributed by atoms with Crippen molar-refractivity contribution in [2.75, 3.05) is 0 Å². The van der Waals surface area contributed by atoms with E-state index in [1.54, 1.807) is 71.0 Å². The molecule has 0 fully saturated rings. The van der Waals surface area contributed by atoms with Gasteiger partial charge in [-0.3, -0.25) is 4.79 Å². The molecule has 0 atom stereocenters. The van der Waals surface area contributed by atoms with Gasteiger partial charge in [0.2, 0.25) is 5.78 Å². The molecule has 0 saturated carbocycles. The molecule has 0 aliphatic rings. The van der Waals surface area contributed by atoms with Crippen molar-refractivity contribution in [3.05, 3.63) is 140 Å². The number of ketones is 1. The Labute approximate surface area is 292 Å². The Balaban J connectivity index is 0.000000221. The third kappa shape index (κ3) is 9.25. The molecule has 0 radical (unpaired) electrons. The van der Waals surface area contributed by atoms with E-state index in [1.807, 2.05) is 19.1 Å². The molecule has 0 bridgehead atoms. The van der Waals surface area contributed by atoms with Gasteiger partial charge < -0.3 is 0 Å². The summed E-state index contributed by atoms with van der Waals surface area (Å²) in [5.41, 5.74) is 6.40. The van der Waals surface area contributed by atoms with Crippen molar-refractivity contribution >= 4 is 40.4 Å². The van der Waals surface area contributed by atoms with Crippen LogP contribution in [-0.2, 0) is 6.42 Å². The summed E-state index contributed by atoms with van der Waals surface area (Å²) >= 11 is 11.8. The maximum atomic E-state index is 14.6. The zero-order valence-electron chi connectivity index (χ0n) is 27.6. The predicted molar refractivity (Wildman–Crippen MR) is 189 cm³/mol. The quantitative estimate of drug-likeness (QED) is 0.0732. The lowest BCUT2D eigenvalue weighted by atomic mass is 9.90. The van der Waals surface area contributed by atoms with Gasteiger partial charge in [-0.1, -0.05) is 35.3 Å². The molecule has 0 aliphatic heterocycles. The van der Waals surface area contributed by atoms with E-state index in [-0.39, 0.29) is 17.9 Å². The zero-order chi connectivity index (χ0) is 36.0. The Morgan fingerprint density at radius 2 is 1.16 bits per heavy atom. The Bertz CT molecular complexity index is 2030. The molecular weight excluding hydrogens is 675 g/mol. The number of carbonyl (C=O) groups is 1. The number of nitrogens with zero attached hydrogens (tertiary/aromatic N) is 4. The van der Waals surface area contributed by atoms with Crippen LogP contribution in [-0.4, -0.2) is 27.4 Å². The minimum absolute atomic E-state index is 0.184. The lowest BCUT2D eigenvalue weighted by Gasteiger charge is -2.17. The first-order chi connectivity index (χ1) is 23.2. The Morgan fingerprint density at radius 3 is 1.71 bits per heavy atom. The van der Waals surface area contributed by atoms with E-state index in [9.17, 15) is 22.4 Å². The second-order valence-corrected chi connectivity index (χ2v) is 12.3. The number of carbonyl (C=O) groups excluding carboxylic acids is 1. The van der Waals surface area contributed by atoms with Gasteiger partial charge in [0.15, 0.2) is 0 Å². The van der Waals surface area contributed by atoms with Crippen molar-refractivity contribution in [3.8, 4) is 22.3 Å². The first-order valence-corrected chi connectivity index (χ1v) is 15.8. The first-order valence-electron chi connectivity index (χ1n) is 15.0. The molecule has 4 aromatic carbocycles. The van der Waals surface area contributed by atoms with Gasteiger partial charge >= 0.3 is 0 Å². The highest BCUT2D eigenvalue weighted by Gasteiger charge is 2.21. The summed E-state index contributed by atoms with van der Waals surface area (Å²) in [4.78, 5) is 12.2. The smallest absolute Gasteiger partial charge is 0.208 e. The highest BCUT2D eigenvalue weighted by atomic mass is 35.5. The van der Waals surface area contributed by atoms with E-state index < -0.39 is 23.3 Å². The van der Waals surface area contributed by atoms with Gasteiger partial charge in [0.25, 0.3) is 0 Å². The van der Waals surface area contributed by atoms with Crippen LogP contribution in [0.3, 0.4) is 0 Å². The fourth-order valence-corrected chi connectivity index (χ4v) is 5.42. The summed E-state index contributed by atoms with van der Waals surface area (Å²) in [6.45, 7) is 10.1. The standard InChI is InChI=1S/C19H17ClF2N2O.C19H15ClF2N2/c1-11-8-16(21)10-18(22)17(11)9-12(2)23-24-13(3)19(25)14-4-6-15(20)7-5-14;1-10-8-15(21)9-16(22)17(10)19-12(3)24-23-11(2)18(19)13-4-6-14(20)7-5-13/h4-8,10H,9H2,1-3H3;4-9H,1-3H3/b23-12-,24-13-;. The van der Waals surface area contributed by atoms with E-state index in [2.05, 4.69) is 20.4 Å². The maximum absolute atomic E-state index is 14.6. The molecule has 0 amide bonds. The summed E-state index contributed by atoms with van der Waals surface area (Å²) in [7, 11) is 0. The van der Waals surface area contributed by atoms with Crippen LogP contribution in [0.25, 0.3) is 22.3 Å². The van der Waals surface area contributed by atoms with Crippen LogP contribution in [0.1, 0.15) is 52.3 Å². The Kier molecular flexibility index (Phi) is 12.2. The molecule has 0 unspecified atom stereocenters. The largest absolute Gasteiger partial charge is 0.287 e. The summed E-state index contributed by atoms with van der Waals surface area (Å²) in [5.74, 6) is -2.71. The van der Waals surface area contributed by atoms with E-state index in [0.29, 0.717) is 60.5 Å². The van der Waals surface area contributed by atoms with Gasteiger partial charge in [-0.2, -0.15) is 20.4 Å². The van der Waals surface area contributed by atoms with Gasteiger partial charge in [-0.15, -0.1) is 0 Å². The van der Waals surface area contributed by atoms with Crippen molar-refractivity contribution in [1.82, 2.24) is 10.2 Å². The van der Waals surface area contributed by atoms with Crippen molar-refractivity contribution in [2.24, 2.45) is 10.2 Å². The van der Waals surface area contributed by atoms with Gasteiger partial charge in [-0.05, 0) is 112 Å². The average molecular weight is 708 g/mol. The maximum Gasteiger partial charge on any atom is 0.208 e. The van der Waals surface area contributed by atoms with Crippen molar-refractivity contribution < 1.29 is 22.4 Å². The van der Waals surface area contributed by atoms with Crippen LogP contribution >= 0.6 is 23.2 Å². The van der Waals surface area contributed by atoms with E-state index in [1.165, 1.54) is 12.1 Å². The minimum atomic E-state index is -0.620. The van der Waals surface area contributed by atoms with Gasteiger partial charge in [0.05, 0.1) is 11.4 Å². The monoisotopic (exact) mass is 706 g/mol. The number of benzene rings is 4. The number of hydrogen-bond acceptors (Lipinski definition) is 5. The molecular formula is C38H32Cl2F4N4O. The number of Topliss-reactive ketones (excluding diaryl/α,β-unsaturated/α-hetero) is 1. The fraction of sp³-hybridized carbons (Fsp3) is 0.184. The molecule has 5 nitrogen and oxygen atoms in total. The normalized spacial score (nSPS) is 11.7. The first kappa shape index (κ1) is 37.1. The van der Waals surface area contributed by atoms with E-state index in [4.69, 9.17) is 23.2 Å². The molecule has 1 aromatic heterocycles. The SMILES string of the molecule is C/C(Cc1c(C)cc(F)cc1F)=N/N=C(/C)C(=O)c1ccc(Cl)cc1.Cc1cc(F)cc(F)c1-c1c(C)nnc(C)c1-c1ccc(Cl)cc1. The number of aromatic nitrogens is 2. The molecule has 0 aliphatic carbocycles. The van der Waals surface area contributed by atoms with Crippen molar-refractivity contribution in [2.45, 2.75) is 48.0 Å². The fourth-order valence-electron chi connectivity index (χ4n) is 5.17. The van der Waals surface area contributed by atoms with Gasteiger partial charge in [0, 0.05) is 56.6 Å². The number of hydrogen-bond donors (Lipinski definition) is 0. The Hall–Kier alpha value is -4.73. The number of halogens is 6. The summed E-state index contributed by atoms with van der Waals surface area (Å²) in [6, 6.07) is 18.0. The topological polar surface area (TPSA) is 67.6 Å². The molecule has 11 heteroatoms. The molecule has 49 heavy (non-hydrogen) atoms. The van der Waals surface area contributed by atoms with Crippen molar-refractivity contribution in [3.63, 3.8) is 0 Å². The molecule has 0 spiro atoms. The van der Waals surface area contributed by atoms with Crippen LogP contribution in [0.15, 0.2) is 83.0 Å². The molecule has 5 rings (SSSR count). The van der Waals surface area contributed by atoms with Crippen LogP contribution in [0.5, 0.6) is 0 Å². The van der Waals surface area contributed by atoms with E-state index in [0.717, 1.165) is 23.3 Å². The molecule has 0 N–H and O–H groups in total. The van der Waals surface area contributed by atoms with Crippen molar-refractivity contribution in [1.29, 1.82) is 0 Å². The van der Waals surface area contributed by atoms with Crippen LogP contribution in [0, 0.1) is 51.0 Å². The molecule has 252 valence electrons. The summed E-state index contributed by atoms with van der Waals surface area (Å²) in [5, 5.41) is 17.3. The third-order valence-electron chi connectivity index (χ3n) is 7.58. The predicted octanol–water partition coefficient (Wildman–Crippen LogP) is 10.9. The lowest BCUT2D eigenvalue weighted by molar-refractivity contribution is 0.106. The van der Waals surface area contributed by atoms with Crippen LogP contribution in [0.2, 0.25) is 10.0 Å². The zero-order valence-corrected chi connectivity index (χ0v) is 29.1. The Morgan fingerprint density at radius 1 is 0.653 bits per heavy atom. The summed E-state index contributed by atoms with van der Waals surface area (Å²) < 4.78 is 55.0. The number of aryl methyl sites for hydroxylation is 4. The van der Waals surface area contributed by atoms with Gasteiger partial charge in [-0.25, -0.2) is 17.6 Å². The molecule has 5 aromatic rings. The lowest BCUT2D eigenvalue weighted by Crippen LogP contribution is -2.10. The average Bonchev–Trinajstić information content (AvgIpc) is 3.03.